The Balaban J connectivity index is 0.00000200. The van der Waals surface area contributed by atoms with E-state index in [9.17, 15) is 0 Å². The van der Waals surface area contributed by atoms with Crippen LogP contribution in [0.3, 0.4) is 0 Å². The largest absolute Gasteiger partial charge is 0.356 e. The molecule has 0 aromatic carbocycles. The summed E-state index contributed by atoms with van der Waals surface area (Å²) >= 11 is 0. The lowest BCUT2D eigenvalue weighted by Crippen LogP contribution is -2.46. The number of likely N-dealkylation sites (tertiary alicyclic amines) is 1. The van der Waals surface area contributed by atoms with Crippen molar-refractivity contribution in [1.82, 2.24) is 20.0 Å². The first-order valence-corrected chi connectivity index (χ1v) is 7.22. The van der Waals surface area contributed by atoms with Crippen LogP contribution in [0.5, 0.6) is 0 Å². The summed E-state index contributed by atoms with van der Waals surface area (Å²) in [5, 5.41) is 7.66. The van der Waals surface area contributed by atoms with Gasteiger partial charge in [-0.3, -0.25) is 9.67 Å². The molecule has 6 heteroatoms. The van der Waals surface area contributed by atoms with Crippen LogP contribution in [0.25, 0.3) is 0 Å². The van der Waals surface area contributed by atoms with E-state index in [0.717, 1.165) is 44.5 Å². The molecule has 0 bridgehead atoms. The molecule has 5 nitrogen and oxygen atoms in total. The van der Waals surface area contributed by atoms with Crippen molar-refractivity contribution in [3.63, 3.8) is 0 Å². The lowest BCUT2D eigenvalue weighted by Gasteiger charge is -2.33. The van der Waals surface area contributed by atoms with E-state index in [-0.39, 0.29) is 24.0 Å². The molecule has 1 aliphatic rings. The summed E-state index contributed by atoms with van der Waals surface area (Å²) in [4.78, 5) is 6.77. The minimum absolute atomic E-state index is 0. The highest BCUT2D eigenvalue weighted by atomic mass is 127. The number of guanidine groups is 1. The monoisotopic (exact) mass is 391 g/mol. The van der Waals surface area contributed by atoms with E-state index < -0.39 is 0 Å². The predicted octanol–water partition coefficient (Wildman–Crippen LogP) is 2.20. The fourth-order valence-electron chi connectivity index (χ4n) is 2.59. The SMILES string of the molecule is CN=C(NCCCn1cccn1)N1CCCC(C)C1.I. The van der Waals surface area contributed by atoms with E-state index in [2.05, 4.69) is 27.2 Å². The fourth-order valence-corrected chi connectivity index (χ4v) is 2.59. The normalized spacial score (nSPS) is 19.6. The second-order valence-electron chi connectivity index (χ2n) is 5.29. The third-order valence-electron chi connectivity index (χ3n) is 3.57. The van der Waals surface area contributed by atoms with Crippen LogP contribution in [0, 0.1) is 5.92 Å². The van der Waals surface area contributed by atoms with Gasteiger partial charge in [-0.25, -0.2) is 0 Å². The zero-order valence-corrected chi connectivity index (χ0v) is 14.8. The molecule has 0 spiro atoms. The summed E-state index contributed by atoms with van der Waals surface area (Å²) in [6.45, 7) is 6.46. The molecule has 20 heavy (non-hydrogen) atoms. The number of aliphatic imine (C=N–C) groups is 1. The van der Waals surface area contributed by atoms with Crippen LogP contribution < -0.4 is 5.32 Å². The molecular weight excluding hydrogens is 365 g/mol. The van der Waals surface area contributed by atoms with E-state index >= 15 is 0 Å². The first-order valence-electron chi connectivity index (χ1n) is 7.22. The Labute approximate surface area is 138 Å². The van der Waals surface area contributed by atoms with E-state index in [1.54, 1.807) is 0 Å². The van der Waals surface area contributed by atoms with Gasteiger partial charge in [0.25, 0.3) is 0 Å². The van der Waals surface area contributed by atoms with E-state index in [1.807, 2.05) is 30.2 Å². The first-order chi connectivity index (χ1) is 9.29. The molecule has 1 aromatic heterocycles. The van der Waals surface area contributed by atoms with Crippen LogP contribution in [-0.4, -0.2) is 47.3 Å². The van der Waals surface area contributed by atoms with Crippen molar-refractivity contribution in [2.24, 2.45) is 10.9 Å². The number of piperidine rings is 1. The zero-order chi connectivity index (χ0) is 13.5. The van der Waals surface area contributed by atoms with Crippen molar-refractivity contribution >= 4 is 29.9 Å². The highest BCUT2D eigenvalue weighted by molar-refractivity contribution is 14.0. The zero-order valence-electron chi connectivity index (χ0n) is 12.5. The smallest absolute Gasteiger partial charge is 0.193 e. The number of hydrogen-bond donors (Lipinski definition) is 1. The van der Waals surface area contributed by atoms with Crippen molar-refractivity contribution in [2.45, 2.75) is 32.7 Å². The maximum atomic E-state index is 4.39. The average molecular weight is 391 g/mol. The lowest BCUT2D eigenvalue weighted by molar-refractivity contribution is 0.266. The summed E-state index contributed by atoms with van der Waals surface area (Å²) in [5.74, 6) is 1.82. The maximum absolute atomic E-state index is 4.39. The number of aromatic nitrogens is 2. The molecule has 1 unspecified atom stereocenters. The van der Waals surface area contributed by atoms with Gasteiger partial charge in [-0.15, -0.1) is 24.0 Å². The molecule has 0 radical (unpaired) electrons. The van der Waals surface area contributed by atoms with Gasteiger partial charge in [0.2, 0.25) is 0 Å². The summed E-state index contributed by atoms with van der Waals surface area (Å²) in [6, 6.07) is 1.96. The summed E-state index contributed by atoms with van der Waals surface area (Å²) < 4.78 is 1.97. The van der Waals surface area contributed by atoms with Gasteiger partial charge < -0.3 is 10.2 Å². The molecule has 114 valence electrons. The van der Waals surface area contributed by atoms with Crippen molar-refractivity contribution in [3.05, 3.63) is 18.5 Å². The quantitative estimate of drug-likeness (QED) is 0.371. The van der Waals surface area contributed by atoms with Gasteiger partial charge in [-0.2, -0.15) is 5.10 Å². The molecular formula is C14H26IN5. The summed E-state index contributed by atoms with van der Waals surface area (Å²) in [5.41, 5.74) is 0. The molecule has 1 atom stereocenters. The Morgan fingerprint density at radius 1 is 1.50 bits per heavy atom. The molecule has 0 saturated carbocycles. The van der Waals surface area contributed by atoms with E-state index in [0.29, 0.717) is 0 Å². The van der Waals surface area contributed by atoms with Gasteiger partial charge in [0.15, 0.2) is 5.96 Å². The van der Waals surface area contributed by atoms with Crippen molar-refractivity contribution in [3.8, 4) is 0 Å². The van der Waals surface area contributed by atoms with Gasteiger partial charge >= 0.3 is 0 Å². The highest BCUT2D eigenvalue weighted by Crippen LogP contribution is 2.15. The van der Waals surface area contributed by atoms with E-state index in [4.69, 9.17) is 0 Å². The number of halogens is 1. The molecule has 1 N–H and O–H groups in total. The molecule has 0 aliphatic carbocycles. The first kappa shape index (κ1) is 17.3. The van der Waals surface area contributed by atoms with Gasteiger partial charge in [-0.1, -0.05) is 6.92 Å². The Morgan fingerprint density at radius 2 is 2.35 bits per heavy atom. The van der Waals surface area contributed by atoms with Crippen molar-refractivity contribution in [2.75, 3.05) is 26.7 Å². The minimum atomic E-state index is 0. The standard InChI is InChI=1S/C14H25N5.HI/c1-13-6-3-9-18(12-13)14(15-2)16-7-4-10-19-11-5-8-17-19;/h5,8,11,13H,3-4,6-7,9-10,12H2,1-2H3,(H,15,16);1H. The molecule has 1 fully saturated rings. The second kappa shape index (κ2) is 9.20. The summed E-state index contributed by atoms with van der Waals surface area (Å²) in [6.07, 6.45) is 7.49. The third-order valence-corrected chi connectivity index (χ3v) is 3.57. The Hall–Kier alpha value is -0.790. The van der Waals surface area contributed by atoms with Crippen LogP contribution in [0.4, 0.5) is 0 Å². The Bertz CT molecular complexity index is 390. The van der Waals surface area contributed by atoms with Gasteiger partial charge in [0.1, 0.15) is 0 Å². The molecule has 1 aliphatic heterocycles. The lowest BCUT2D eigenvalue weighted by atomic mass is 10.0. The minimum Gasteiger partial charge on any atom is -0.356 e. The number of nitrogens with zero attached hydrogens (tertiary/aromatic N) is 4. The Morgan fingerprint density at radius 3 is 3.00 bits per heavy atom. The Kier molecular flexibility index (Phi) is 7.94. The average Bonchev–Trinajstić information content (AvgIpc) is 2.92. The van der Waals surface area contributed by atoms with Crippen LogP contribution in [0.2, 0.25) is 0 Å². The van der Waals surface area contributed by atoms with Crippen LogP contribution in [-0.2, 0) is 6.54 Å². The number of aryl methyl sites for hydroxylation is 1. The number of rotatable bonds is 4. The number of nitrogens with one attached hydrogen (secondary N) is 1. The van der Waals surface area contributed by atoms with Crippen LogP contribution in [0.15, 0.2) is 23.5 Å². The molecule has 0 amide bonds. The van der Waals surface area contributed by atoms with Crippen LogP contribution >= 0.6 is 24.0 Å². The molecule has 1 aromatic rings. The second-order valence-corrected chi connectivity index (χ2v) is 5.29. The molecule has 1 saturated heterocycles. The van der Waals surface area contributed by atoms with Gasteiger partial charge in [0, 0.05) is 45.6 Å². The van der Waals surface area contributed by atoms with E-state index in [1.165, 1.54) is 12.8 Å². The maximum Gasteiger partial charge on any atom is 0.193 e. The predicted molar refractivity (Wildman–Crippen MR) is 93.6 cm³/mol. The summed E-state index contributed by atoms with van der Waals surface area (Å²) in [7, 11) is 1.87. The topological polar surface area (TPSA) is 45.5 Å². The van der Waals surface area contributed by atoms with Crippen LogP contribution in [0.1, 0.15) is 26.2 Å². The molecule has 2 heterocycles. The number of hydrogen-bond acceptors (Lipinski definition) is 2. The van der Waals surface area contributed by atoms with Crippen molar-refractivity contribution in [1.29, 1.82) is 0 Å². The molecule has 2 rings (SSSR count). The highest BCUT2D eigenvalue weighted by Gasteiger charge is 2.18. The van der Waals surface area contributed by atoms with Gasteiger partial charge in [-0.05, 0) is 31.2 Å². The van der Waals surface area contributed by atoms with Gasteiger partial charge in [0.05, 0.1) is 0 Å². The fraction of sp³-hybridized carbons (Fsp3) is 0.714. The van der Waals surface area contributed by atoms with Crippen molar-refractivity contribution < 1.29 is 0 Å². The third kappa shape index (κ3) is 5.30.